The molecule has 0 aromatic heterocycles. The first-order chi connectivity index (χ1) is 25.2. The number of phenolic OH excluding ortho intramolecular Hbond substituents is 4. The van der Waals surface area contributed by atoms with Crippen LogP contribution < -0.4 is 9.47 Å². The first kappa shape index (κ1) is 38.4. The lowest BCUT2D eigenvalue weighted by Gasteiger charge is -2.20. The summed E-state index contributed by atoms with van der Waals surface area (Å²) >= 11 is 0. The fourth-order valence-electron chi connectivity index (χ4n) is 6.56. The number of methoxy groups -OCH3 is 2. The summed E-state index contributed by atoms with van der Waals surface area (Å²) in [6.07, 6.45) is -2.01. The van der Waals surface area contributed by atoms with E-state index in [1.165, 1.54) is 26.4 Å². The predicted octanol–water partition coefficient (Wildman–Crippen LogP) is 4.61. The van der Waals surface area contributed by atoms with E-state index >= 15 is 0 Å². The van der Waals surface area contributed by atoms with E-state index in [1.807, 2.05) is 0 Å². The van der Waals surface area contributed by atoms with Gasteiger partial charge >= 0.3 is 0 Å². The number of phenols is 4. The van der Waals surface area contributed by atoms with Crippen molar-refractivity contribution in [3.63, 3.8) is 0 Å². The van der Waals surface area contributed by atoms with Gasteiger partial charge in [-0.2, -0.15) is 25.3 Å². The lowest BCUT2D eigenvalue weighted by Crippen LogP contribution is -2.07. The molecule has 284 valence electrons. The summed E-state index contributed by atoms with van der Waals surface area (Å²) < 4.78 is 116. The van der Waals surface area contributed by atoms with Gasteiger partial charge in [0.2, 0.25) is 0 Å². The average Bonchev–Trinajstić information content (AvgIpc) is 3.08. The summed E-state index contributed by atoms with van der Waals surface area (Å²) in [7, 11) is -12.0. The predicted molar refractivity (Wildman–Crippen MR) is 192 cm³/mol. The molecule has 5 aromatic carbocycles. The lowest BCUT2D eigenvalue weighted by atomic mass is 9.89. The zero-order valence-corrected chi connectivity index (χ0v) is 30.7. The lowest BCUT2D eigenvalue weighted by molar-refractivity contribution is 0.356. The Hall–Kier alpha value is -5.37. The van der Waals surface area contributed by atoms with Crippen LogP contribution in [-0.2, 0) is 56.0 Å². The van der Waals surface area contributed by atoms with Gasteiger partial charge in [-0.25, -0.2) is 0 Å². The van der Waals surface area contributed by atoms with Crippen molar-refractivity contribution in [1.82, 2.24) is 0 Å². The Labute approximate surface area is 309 Å². The van der Waals surface area contributed by atoms with Crippen molar-refractivity contribution < 1.29 is 68.8 Å². The maximum atomic E-state index is 12.5. The molecule has 0 radical (unpaired) electrons. The number of rotatable bonds is 6. The quantitative estimate of drug-likeness (QED) is 0.113. The SMILES string of the molecule is COc1cccc(-c2cc3c(O)c(c2)Cc2cc(S(=O)(=O)O)cc(c2O)Cc2cc(S(=O)(=O)O)cc(c2O)Cc2cc(S(=O)(=O)O)cc(c2O)C3)c1OC. The van der Waals surface area contributed by atoms with Crippen LogP contribution in [-0.4, -0.2) is 73.6 Å². The molecule has 0 unspecified atom stereocenters. The van der Waals surface area contributed by atoms with Gasteiger partial charge in [-0.15, -0.1) is 0 Å². The van der Waals surface area contributed by atoms with Crippen LogP contribution in [0.15, 0.2) is 81.4 Å². The summed E-state index contributed by atoms with van der Waals surface area (Å²) in [6.45, 7) is 0. The summed E-state index contributed by atoms with van der Waals surface area (Å²) in [5.41, 5.74) is -0.328. The molecule has 0 aliphatic heterocycles. The molecule has 0 fully saturated rings. The van der Waals surface area contributed by atoms with E-state index in [9.17, 15) is 59.3 Å². The van der Waals surface area contributed by atoms with Crippen LogP contribution in [0.1, 0.15) is 44.5 Å². The van der Waals surface area contributed by atoms with Gasteiger partial charge in [0.15, 0.2) is 11.5 Å². The maximum absolute atomic E-state index is 12.5. The Morgan fingerprint density at radius 2 is 0.759 bits per heavy atom. The minimum absolute atomic E-state index is 0.0670. The third-order valence-corrected chi connectivity index (χ3v) is 11.6. The van der Waals surface area contributed by atoms with Crippen LogP contribution in [0.25, 0.3) is 11.1 Å². The highest BCUT2D eigenvalue weighted by molar-refractivity contribution is 7.86. The second kappa shape index (κ2) is 13.8. The molecule has 1 aliphatic rings. The van der Waals surface area contributed by atoms with Crippen LogP contribution in [0, 0.1) is 0 Å². The highest BCUT2D eigenvalue weighted by Gasteiger charge is 2.26. The van der Waals surface area contributed by atoms with Crippen LogP contribution >= 0.6 is 0 Å². The highest BCUT2D eigenvalue weighted by atomic mass is 32.2. The van der Waals surface area contributed by atoms with Crippen LogP contribution in [0.4, 0.5) is 0 Å². The largest absolute Gasteiger partial charge is 0.507 e. The van der Waals surface area contributed by atoms with Gasteiger partial charge in [0, 0.05) is 64.6 Å². The van der Waals surface area contributed by atoms with Crippen molar-refractivity contribution in [1.29, 1.82) is 0 Å². The standard InChI is InChI=1S/C36H32O15S3/c1-50-31-5-3-4-30(36(31)51-2)18-6-19-8-21-12-27(52(41,42)43)14-23(33(21)38)10-25-16-29(54(47,48)49)17-26(35(25)40)11-24-15-28(53(44,45)46)13-22(34(24)39)9-20(7-18)32(19)37/h3-7,12-17,37-40H,8-11H2,1-2H3,(H,41,42,43)(H,44,45,46)(H,47,48,49). The topological polar surface area (TPSA) is 262 Å². The van der Waals surface area contributed by atoms with Crippen molar-refractivity contribution in [2.75, 3.05) is 14.2 Å². The molecule has 1 aliphatic carbocycles. The molecule has 6 rings (SSSR count). The zero-order valence-electron chi connectivity index (χ0n) is 28.3. The fraction of sp³-hybridized carbons (Fsp3) is 0.167. The van der Waals surface area contributed by atoms with Gasteiger partial charge < -0.3 is 29.9 Å². The first-order valence-corrected chi connectivity index (χ1v) is 20.0. The molecule has 7 N–H and O–H groups in total. The molecular weight excluding hydrogens is 769 g/mol. The zero-order chi connectivity index (χ0) is 39.5. The molecule has 0 atom stereocenters. The molecule has 0 amide bonds. The monoisotopic (exact) mass is 800 g/mol. The number of hydrogen-bond donors (Lipinski definition) is 7. The Morgan fingerprint density at radius 1 is 0.463 bits per heavy atom. The van der Waals surface area contributed by atoms with Gasteiger partial charge in [-0.3, -0.25) is 13.7 Å². The number of hydrogen-bond acceptors (Lipinski definition) is 12. The van der Waals surface area contributed by atoms with Crippen LogP contribution in [0.3, 0.4) is 0 Å². The third kappa shape index (κ3) is 7.39. The van der Waals surface area contributed by atoms with Crippen molar-refractivity contribution in [3.8, 4) is 45.6 Å². The fourth-order valence-corrected chi connectivity index (χ4v) is 8.31. The Balaban J connectivity index is 1.73. The molecule has 0 heterocycles. The smallest absolute Gasteiger partial charge is 0.294 e. The van der Waals surface area contributed by atoms with Crippen molar-refractivity contribution in [2.45, 2.75) is 40.4 Å². The van der Waals surface area contributed by atoms with E-state index in [0.717, 1.165) is 36.4 Å². The van der Waals surface area contributed by atoms with Gasteiger partial charge in [0.05, 0.1) is 28.9 Å². The summed E-state index contributed by atoms with van der Waals surface area (Å²) in [5, 5.41) is 46.2. The number of benzene rings is 5. The first-order valence-electron chi connectivity index (χ1n) is 15.7. The molecular formula is C36H32O15S3. The minimum atomic E-state index is -4.98. The van der Waals surface area contributed by atoms with Gasteiger partial charge in [-0.05, 0) is 71.3 Å². The van der Waals surface area contributed by atoms with Gasteiger partial charge in [0.1, 0.15) is 23.0 Å². The van der Waals surface area contributed by atoms with Crippen molar-refractivity contribution >= 4 is 30.4 Å². The summed E-state index contributed by atoms with van der Waals surface area (Å²) in [4.78, 5) is -2.11. The number of fused-ring (bicyclic) bond motifs is 8. The van der Waals surface area contributed by atoms with Crippen molar-refractivity contribution in [2.24, 2.45) is 0 Å². The maximum Gasteiger partial charge on any atom is 0.294 e. The number of ether oxygens (including phenoxy) is 2. The van der Waals surface area contributed by atoms with E-state index in [4.69, 9.17) is 9.47 Å². The molecule has 8 bridgehead atoms. The van der Waals surface area contributed by atoms with Crippen LogP contribution in [0.5, 0.6) is 34.5 Å². The van der Waals surface area contributed by atoms with E-state index in [1.54, 1.807) is 18.2 Å². The molecule has 0 saturated carbocycles. The molecule has 54 heavy (non-hydrogen) atoms. The molecule has 15 nitrogen and oxygen atoms in total. The van der Waals surface area contributed by atoms with Crippen LogP contribution in [0.2, 0.25) is 0 Å². The van der Waals surface area contributed by atoms with E-state index in [-0.39, 0.29) is 50.3 Å². The normalized spacial score (nSPS) is 13.4. The number of para-hydroxylation sites is 1. The second-order valence-electron chi connectivity index (χ2n) is 12.6. The Kier molecular flexibility index (Phi) is 9.80. The molecule has 0 spiro atoms. The summed E-state index contributed by atoms with van der Waals surface area (Å²) in [6, 6.07) is 13.4. The second-order valence-corrected chi connectivity index (χ2v) is 16.9. The summed E-state index contributed by atoms with van der Waals surface area (Å²) in [5.74, 6) is -1.50. The highest BCUT2D eigenvalue weighted by Crippen LogP contribution is 2.44. The minimum Gasteiger partial charge on any atom is -0.507 e. The van der Waals surface area contributed by atoms with E-state index in [0.29, 0.717) is 16.9 Å². The third-order valence-electron chi connectivity index (χ3n) is 9.12. The molecule has 18 heteroatoms. The van der Waals surface area contributed by atoms with Gasteiger partial charge in [0.25, 0.3) is 30.4 Å². The van der Waals surface area contributed by atoms with E-state index < -0.39 is 93.7 Å². The average molecular weight is 801 g/mol. The Morgan fingerprint density at radius 3 is 1.02 bits per heavy atom. The van der Waals surface area contributed by atoms with Gasteiger partial charge in [-0.1, -0.05) is 12.1 Å². The molecule has 5 aromatic rings. The van der Waals surface area contributed by atoms with E-state index in [2.05, 4.69) is 0 Å². The molecule has 0 saturated heterocycles. The Bertz CT molecular complexity index is 2570. The number of aromatic hydroxyl groups is 4. The van der Waals surface area contributed by atoms with Crippen molar-refractivity contribution in [3.05, 3.63) is 111 Å².